The van der Waals surface area contributed by atoms with E-state index in [-0.39, 0.29) is 17.9 Å². The number of hydrogen-bond acceptors (Lipinski definition) is 4. The number of carbonyl (C=O) groups is 2. The molecule has 0 spiro atoms. The van der Waals surface area contributed by atoms with Gasteiger partial charge in [0.2, 0.25) is 11.8 Å². The molecular formula is C25H30N2O4. The highest BCUT2D eigenvalue weighted by Crippen LogP contribution is 2.27. The van der Waals surface area contributed by atoms with Crippen molar-refractivity contribution in [1.29, 1.82) is 0 Å². The Kier molecular flexibility index (Phi) is 6.75. The van der Waals surface area contributed by atoms with Gasteiger partial charge in [-0.3, -0.25) is 9.59 Å². The van der Waals surface area contributed by atoms with Crippen LogP contribution in [-0.2, 0) is 16.0 Å². The van der Waals surface area contributed by atoms with Gasteiger partial charge in [0.05, 0.1) is 13.7 Å². The SMILES string of the molecule is COc1ccc(CCC(=O)N2C[C@@H](Oc3ccccc3)C[C@H]2C(=O)N2CCCC2)cc1. The summed E-state index contributed by atoms with van der Waals surface area (Å²) in [5.74, 6) is 1.64. The standard InChI is InChI=1S/C25H30N2O4/c1-30-20-12-9-19(10-13-20)11-14-24(28)27-18-22(31-21-7-3-2-4-8-21)17-23(27)25(29)26-15-5-6-16-26/h2-4,7-10,12-13,22-23H,5-6,11,14-18H2,1H3/t22-,23-/m0/s1. The van der Waals surface area contributed by atoms with E-state index in [0.717, 1.165) is 43.0 Å². The lowest BCUT2D eigenvalue weighted by Gasteiger charge is -2.27. The van der Waals surface area contributed by atoms with E-state index in [1.165, 1.54) is 0 Å². The summed E-state index contributed by atoms with van der Waals surface area (Å²) in [6.45, 7) is 2.02. The van der Waals surface area contributed by atoms with Crippen molar-refractivity contribution in [2.45, 2.75) is 44.2 Å². The molecule has 2 aliphatic rings. The zero-order chi connectivity index (χ0) is 21.6. The summed E-state index contributed by atoms with van der Waals surface area (Å²) in [6, 6.07) is 16.9. The lowest BCUT2D eigenvalue weighted by atomic mass is 10.1. The van der Waals surface area contributed by atoms with Crippen LogP contribution in [0.3, 0.4) is 0 Å². The molecule has 0 radical (unpaired) electrons. The maximum Gasteiger partial charge on any atom is 0.245 e. The molecule has 2 amide bonds. The van der Waals surface area contributed by atoms with Crippen LogP contribution in [0.15, 0.2) is 54.6 Å². The first-order valence-electron chi connectivity index (χ1n) is 11.1. The zero-order valence-corrected chi connectivity index (χ0v) is 18.0. The highest BCUT2D eigenvalue weighted by atomic mass is 16.5. The van der Waals surface area contributed by atoms with E-state index >= 15 is 0 Å². The fourth-order valence-corrected chi connectivity index (χ4v) is 4.42. The molecule has 4 rings (SSSR count). The van der Waals surface area contributed by atoms with Crippen molar-refractivity contribution in [3.63, 3.8) is 0 Å². The van der Waals surface area contributed by atoms with Crippen molar-refractivity contribution >= 4 is 11.8 Å². The molecule has 2 aromatic rings. The molecule has 0 aliphatic carbocycles. The van der Waals surface area contributed by atoms with Crippen molar-refractivity contribution in [2.24, 2.45) is 0 Å². The Labute approximate surface area is 183 Å². The molecule has 0 unspecified atom stereocenters. The number of carbonyl (C=O) groups excluding carboxylic acids is 2. The number of ether oxygens (including phenoxy) is 2. The first kappa shape index (κ1) is 21.2. The molecular weight excluding hydrogens is 392 g/mol. The molecule has 2 fully saturated rings. The summed E-state index contributed by atoms with van der Waals surface area (Å²) in [5, 5.41) is 0. The number of amides is 2. The third-order valence-electron chi connectivity index (χ3n) is 6.12. The monoisotopic (exact) mass is 422 g/mol. The molecule has 2 heterocycles. The van der Waals surface area contributed by atoms with Gasteiger partial charge in [-0.05, 0) is 49.1 Å². The fourth-order valence-electron chi connectivity index (χ4n) is 4.42. The van der Waals surface area contributed by atoms with E-state index in [4.69, 9.17) is 9.47 Å². The second-order valence-corrected chi connectivity index (χ2v) is 8.23. The lowest BCUT2D eigenvalue weighted by molar-refractivity contribution is -0.143. The summed E-state index contributed by atoms with van der Waals surface area (Å²) < 4.78 is 11.3. The van der Waals surface area contributed by atoms with Crippen molar-refractivity contribution in [1.82, 2.24) is 9.80 Å². The van der Waals surface area contributed by atoms with Gasteiger partial charge in [-0.2, -0.15) is 0 Å². The van der Waals surface area contributed by atoms with Crippen molar-refractivity contribution < 1.29 is 19.1 Å². The van der Waals surface area contributed by atoms with Crippen LogP contribution < -0.4 is 9.47 Å². The number of hydrogen-bond donors (Lipinski definition) is 0. The Balaban J connectivity index is 1.43. The van der Waals surface area contributed by atoms with E-state index in [2.05, 4.69) is 0 Å². The molecule has 6 heteroatoms. The lowest BCUT2D eigenvalue weighted by Crippen LogP contribution is -2.47. The Morgan fingerprint density at radius 2 is 1.68 bits per heavy atom. The summed E-state index contributed by atoms with van der Waals surface area (Å²) in [5.41, 5.74) is 1.08. The number of methoxy groups -OCH3 is 1. The highest BCUT2D eigenvalue weighted by molar-refractivity contribution is 5.88. The molecule has 0 aromatic heterocycles. The molecule has 164 valence electrons. The minimum Gasteiger partial charge on any atom is -0.497 e. The summed E-state index contributed by atoms with van der Waals surface area (Å²) in [6.07, 6.45) is 3.44. The second kappa shape index (κ2) is 9.86. The topological polar surface area (TPSA) is 59.1 Å². The number of likely N-dealkylation sites (tertiary alicyclic amines) is 2. The van der Waals surface area contributed by atoms with Gasteiger partial charge in [0.15, 0.2) is 0 Å². The largest absolute Gasteiger partial charge is 0.497 e. The van der Waals surface area contributed by atoms with Crippen LogP contribution >= 0.6 is 0 Å². The first-order valence-corrected chi connectivity index (χ1v) is 11.1. The third kappa shape index (κ3) is 5.19. The van der Waals surface area contributed by atoms with E-state index in [1.54, 1.807) is 12.0 Å². The number of para-hydroxylation sites is 1. The number of rotatable bonds is 7. The van der Waals surface area contributed by atoms with Crippen LogP contribution in [-0.4, -0.2) is 60.5 Å². The molecule has 0 N–H and O–H groups in total. The van der Waals surface area contributed by atoms with Crippen molar-refractivity contribution in [3.05, 3.63) is 60.2 Å². The van der Waals surface area contributed by atoms with E-state index < -0.39 is 6.04 Å². The maximum atomic E-state index is 13.2. The Hall–Kier alpha value is -3.02. The molecule has 2 aromatic carbocycles. The van der Waals surface area contributed by atoms with Crippen molar-refractivity contribution in [3.8, 4) is 11.5 Å². The zero-order valence-electron chi connectivity index (χ0n) is 18.0. The molecule has 31 heavy (non-hydrogen) atoms. The average Bonchev–Trinajstić information content (AvgIpc) is 3.49. The average molecular weight is 423 g/mol. The predicted molar refractivity (Wildman–Crippen MR) is 118 cm³/mol. The Morgan fingerprint density at radius 1 is 0.968 bits per heavy atom. The van der Waals surface area contributed by atoms with Gasteiger partial charge in [-0.1, -0.05) is 30.3 Å². The van der Waals surface area contributed by atoms with Crippen LogP contribution in [0.4, 0.5) is 0 Å². The first-order chi connectivity index (χ1) is 15.1. The third-order valence-corrected chi connectivity index (χ3v) is 6.12. The van der Waals surface area contributed by atoms with Gasteiger partial charge < -0.3 is 19.3 Å². The van der Waals surface area contributed by atoms with E-state index in [9.17, 15) is 9.59 Å². The van der Waals surface area contributed by atoms with Gasteiger partial charge in [-0.25, -0.2) is 0 Å². The van der Waals surface area contributed by atoms with Gasteiger partial charge in [0.1, 0.15) is 23.6 Å². The van der Waals surface area contributed by atoms with E-state index in [1.807, 2.05) is 59.5 Å². The maximum absolute atomic E-state index is 13.2. The Bertz CT molecular complexity index is 878. The van der Waals surface area contributed by atoms with E-state index in [0.29, 0.717) is 25.8 Å². The minimum absolute atomic E-state index is 0.00697. The summed E-state index contributed by atoms with van der Waals surface area (Å²) in [4.78, 5) is 30.0. The minimum atomic E-state index is -0.435. The van der Waals surface area contributed by atoms with Gasteiger partial charge in [-0.15, -0.1) is 0 Å². The van der Waals surface area contributed by atoms with Crippen molar-refractivity contribution in [2.75, 3.05) is 26.7 Å². The van der Waals surface area contributed by atoms with Gasteiger partial charge in [0, 0.05) is 25.9 Å². The Morgan fingerprint density at radius 3 is 2.35 bits per heavy atom. The molecule has 6 nitrogen and oxygen atoms in total. The number of aryl methyl sites for hydroxylation is 1. The molecule has 0 bridgehead atoms. The normalized spacial score (nSPS) is 20.7. The highest BCUT2D eigenvalue weighted by Gasteiger charge is 2.42. The van der Waals surface area contributed by atoms with Crippen LogP contribution in [0, 0.1) is 0 Å². The molecule has 2 aliphatic heterocycles. The van der Waals surface area contributed by atoms with Crippen LogP contribution in [0.5, 0.6) is 11.5 Å². The van der Waals surface area contributed by atoms with Crippen LogP contribution in [0.25, 0.3) is 0 Å². The smallest absolute Gasteiger partial charge is 0.245 e. The molecule has 0 saturated carbocycles. The summed E-state index contributed by atoms with van der Waals surface area (Å²) in [7, 11) is 1.64. The number of nitrogens with zero attached hydrogens (tertiary/aromatic N) is 2. The molecule has 2 atom stereocenters. The second-order valence-electron chi connectivity index (χ2n) is 8.23. The summed E-state index contributed by atoms with van der Waals surface area (Å²) >= 11 is 0. The molecule has 2 saturated heterocycles. The van der Waals surface area contributed by atoms with Crippen LogP contribution in [0.1, 0.15) is 31.2 Å². The van der Waals surface area contributed by atoms with Gasteiger partial charge in [0.25, 0.3) is 0 Å². The fraction of sp³-hybridized carbons (Fsp3) is 0.440. The van der Waals surface area contributed by atoms with Crippen LogP contribution in [0.2, 0.25) is 0 Å². The van der Waals surface area contributed by atoms with Gasteiger partial charge >= 0.3 is 0 Å². The predicted octanol–water partition coefficient (Wildman–Crippen LogP) is 3.30. The number of benzene rings is 2. The quantitative estimate of drug-likeness (QED) is 0.687.